The second-order valence-corrected chi connectivity index (χ2v) is 9.11. The quantitative estimate of drug-likeness (QED) is 0.839. The molecule has 1 atom stereocenters. The molecule has 0 aromatic heterocycles. The van der Waals surface area contributed by atoms with Crippen molar-refractivity contribution in [3.05, 3.63) is 34.1 Å². The fourth-order valence-electron chi connectivity index (χ4n) is 3.17. The van der Waals surface area contributed by atoms with Gasteiger partial charge in [-0.25, -0.2) is 17.2 Å². The summed E-state index contributed by atoms with van der Waals surface area (Å²) in [6.45, 7) is -1.13. The summed E-state index contributed by atoms with van der Waals surface area (Å²) >= 11 is 3.19. The first-order valence-electron chi connectivity index (χ1n) is 6.86. The van der Waals surface area contributed by atoms with E-state index < -0.39 is 38.4 Å². The fraction of sp³-hybridized carbons (Fsp3) is 0.500. The number of nitrogens with two attached hydrogens (primary N) is 1. The van der Waals surface area contributed by atoms with Gasteiger partial charge in [-0.05, 0) is 37.5 Å². The zero-order valence-corrected chi connectivity index (χ0v) is 14.1. The molecule has 0 radical (unpaired) electrons. The van der Waals surface area contributed by atoms with Gasteiger partial charge < -0.3 is 5.73 Å². The van der Waals surface area contributed by atoms with E-state index in [0.29, 0.717) is 17.3 Å². The van der Waals surface area contributed by atoms with Crippen molar-refractivity contribution in [2.24, 2.45) is 10.7 Å². The molecule has 22 heavy (non-hydrogen) atoms. The average molecular weight is 393 g/mol. The van der Waals surface area contributed by atoms with Gasteiger partial charge in [0.05, 0.1) is 5.75 Å². The Morgan fingerprint density at radius 3 is 2.55 bits per heavy atom. The number of aliphatic imine (C=N–C) groups is 1. The summed E-state index contributed by atoms with van der Waals surface area (Å²) in [5, 5.41) is 0. The third-order valence-electron chi connectivity index (χ3n) is 4.64. The third kappa shape index (κ3) is 2.03. The molecular formula is C14H15BrF2N2O2S. The minimum absolute atomic E-state index is 0.0925. The van der Waals surface area contributed by atoms with E-state index in [1.54, 1.807) is 0 Å². The van der Waals surface area contributed by atoms with Gasteiger partial charge in [0.25, 0.3) is 0 Å². The van der Waals surface area contributed by atoms with Gasteiger partial charge >= 0.3 is 0 Å². The molecule has 0 bridgehead atoms. The highest BCUT2D eigenvalue weighted by atomic mass is 79.9. The van der Waals surface area contributed by atoms with Gasteiger partial charge in [-0.3, -0.25) is 4.99 Å². The molecule has 1 saturated carbocycles. The molecular weight excluding hydrogens is 378 g/mol. The van der Waals surface area contributed by atoms with Crippen molar-refractivity contribution in [1.82, 2.24) is 0 Å². The third-order valence-corrected chi connectivity index (χ3v) is 7.80. The first-order valence-corrected chi connectivity index (χ1v) is 9.30. The normalized spacial score (nSPS) is 29.0. The number of amidine groups is 1. The van der Waals surface area contributed by atoms with Crippen LogP contribution in [-0.2, 0) is 15.4 Å². The molecule has 0 amide bonds. The molecule has 1 aliphatic carbocycles. The van der Waals surface area contributed by atoms with Crippen molar-refractivity contribution < 1.29 is 17.2 Å². The number of hydrogen-bond donors (Lipinski definition) is 1. The lowest BCUT2D eigenvalue weighted by Gasteiger charge is -2.46. The van der Waals surface area contributed by atoms with Crippen LogP contribution in [0.15, 0.2) is 27.7 Å². The molecule has 120 valence electrons. The topological polar surface area (TPSA) is 72.5 Å². The summed E-state index contributed by atoms with van der Waals surface area (Å²) in [5.41, 5.74) is 4.00. The van der Waals surface area contributed by atoms with Gasteiger partial charge in [0.1, 0.15) is 28.6 Å². The van der Waals surface area contributed by atoms with Crippen LogP contribution in [0.3, 0.4) is 0 Å². The Kier molecular flexibility index (Phi) is 3.60. The zero-order chi connectivity index (χ0) is 16.2. The maximum Gasteiger partial charge on any atom is 0.166 e. The van der Waals surface area contributed by atoms with Crippen molar-refractivity contribution in [2.45, 2.75) is 29.5 Å². The second-order valence-electron chi connectivity index (χ2n) is 5.89. The van der Waals surface area contributed by atoms with E-state index in [4.69, 9.17) is 5.73 Å². The van der Waals surface area contributed by atoms with E-state index in [1.807, 2.05) is 0 Å². The standard InChI is InChI=1S/C14H15BrF2N2O2S/c15-9-2-3-11(17)10(6-9)13(7-16)8-22(20,21)14(4-1-5-14)12(18)19-13/h2-3,6H,1,4-5,7-8H2,(H2,18,19). The van der Waals surface area contributed by atoms with Crippen LogP contribution in [0, 0.1) is 5.82 Å². The Labute approximate surface area is 135 Å². The largest absolute Gasteiger partial charge is 0.386 e. The SMILES string of the molecule is NC1=NC(CF)(c2cc(Br)ccc2F)CS(=O)(=O)C12CCC2. The van der Waals surface area contributed by atoms with Gasteiger partial charge in [-0.15, -0.1) is 0 Å². The van der Waals surface area contributed by atoms with E-state index in [1.165, 1.54) is 12.1 Å². The summed E-state index contributed by atoms with van der Waals surface area (Å²) in [6.07, 6.45) is 1.53. The van der Waals surface area contributed by atoms with Crippen LogP contribution in [-0.4, -0.2) is 31.4 Å². The molecule has 1 fully saturated rings. The summed E-state index contributed by atoms with van der Waals surface area (Å²) in [6, 6.07) is 3.98. The van der Waals surface area contributed by atoms with E-state index >= 15 is 0 Å². The lowest BCUT2D eigenvalue weighted by atomic mass is 9.82. The Balaban J connectivity index is 2.22. The summed E-state index contributed by atoms with van der Waals surface area (Å²) in [5.74, 6) is -1.36. The molecule has 1 heterocycles. The van der Waals surface area contributed by atoms with Gasteiger partial charge in [-0.1, -0.05) is 15.9 Å². The molecule has 2 N–H and O–H groups in total. The molecule has 4 nitrogen and oxygen atoms in total. The highest BCUT2D eigenvalue weighted by Crippen LogP contribution is 2.47. The minimum atomic E-state index is -3.71. The fourth-order valence-corrected chi connectivity index (χ4v) is 6.01. The monoisotopic (exact) mass is 392 g/mol. The lowest BCUT2D eigenvalue weighted by Crippen LogP contribution is -2.62. The summed E-state index contributed by atoms with van der Waals surface area (Å²) < 4.78 is 52.7. The maximum absolute atomic E-state index is 14.2. The maximum atomic E-state index is 14.2. The number of hydrogen-bond acceptors (Lipinski definition) is 4. The number of sulfone groups is 1. The second kappa shape index (κ2) is 4.99. The number of halogens is 3. The minimum Gasteiger partial charge on any atom is -0.386 e. The number of alkyl halides is 1. The molecule has 3 rings (SSSR count). The zero-order valence-electron chi connectivity index (χ0n) is 11.7. The highest BCUT2D eigenvalue weighted by molar-refractivity contribution is 9.10. The molecule has 1 aromatic rings. The molecule has 1 spiro atoms. The van der Waals surface area contributed by atoms with Crippen molar-refractivity contribution >= 4 is 31.6 Å². The van der Waals surface area contributed by atoms with Crippen LogP contribution in [0.5, 0.6) is 0 Å². The van der Waals surface area contributed by atoms with E-state index in [9.17, 15) is 17.2 Å². The lowest BCUT2D eigenvalue weighted by molar-refractivity contribution is 0.311. The van der Waals surface area contributed by atoms with Gasteiger partial charge in [0.15, 0.2) is 9.84 Å². The smallest absolute Gasteiger partial charge is 0.166 e. The number of benzene rings is 1. The van der Waals surface area contributed by atoms with E-state index in [2.05, 4.69) is 20.9 Å². The van der Waals surface area contributed by atoms with Gasteiger partial charge in [0.2, 0.25) is 0 Å². The van der Waals surface area contributed by atoms with Crippen LogP contribution < -0.4 is 5.73 Å². The molecule has 1 unspecified atom stereocenters. The highest BCUT2D eigenvalue weighted by Gasteiger charge is 2.59. The van der Waals surface area contributed by atoms with Crippen molar-refractivity contribution in [3.63, 3.8) is 0 Å². The van der Waals surface area contributed by atoms with Crippen LogP contribution in [0.2, 0.25) is 0 Å². The Hall–Kier alpha value is -1.02. The molecule has 2 aliphatic rings. The predicted octanol–water partition coefficient (Wildman–Crippen LogP) is 2.46. The number of nitrogens with zero attached hydrogens (tertiary/aromatic N) is 1. The van der Waals surface area contributed by atoms with Crippen LogP contribution in [0.4, 0.5) is 8.78 Å². The Morgan fingerprint density at radius 2 is 2.05 bits per heavy atom. The van der Waals surface area contributed by atoms with E-state index in [0.717, 1.165) is 12.5 Å². The van der Waals surface area contributed by atoms with Crippen molar-refractivity contribution in [2.75, 3.05) is 12.4 Å². The molecule has 0 saturated heterocycles. The Bertz CT molecular complexity index is 762. The average Bonchev–Trinajstić information content (AvgIpc) is 2.38. The first kappa shape index (κ1) is 15.9. The number of rotatable bonds is 2. The summed E-state index contributed by atoms with van der Waals surface area (Å²) in [7, 11) is -3.71. The first-order chi connectivity index (χ1) is 10.3. The van der Waals surface area contributed by atoms with Gasteiger partial charge in [0, 0.05) is 10.0 Å². The van der Waals surface area contributed by atoms with E-state index in [-0.39, 0.29) is 11.4 Å². The summed E-state index contributed by atoms with van der Waals surface area (Å²) in [4.78, 5) is 4.15. The van der Waals surface area contributed by atoms with Gasteiger partial charge in [-0.2, -0.15) is 0 Å². The van der Waals surface area contributed by atoms with Crippen LogP contribution >= 0.6 is 15.9 Å². The Morgan fingerprint density at radius 1 is 1.36 bits per heavy atom. The van der Waals surface area contributed by atoms with Crippen LogP contribution in [0.1, 0.15) is 24.8 Å². The molecule has 1 aromatic carbocycles. The molecule has 8 heteroatoms. The van der Waals surface area contributed by atoms with Crippen LogP contribution in [0.25, 0.3) is 0 Å². The van der Waals surface area contributed by atoms with Crippen molar-refractivity contribution in [3.8, 4) is 0 Å². The predicted molar refractivity (Wildman–Crippen MR) is 83.7 cm³/mol. The van der Waals surface area contributed by atoms with Crippen molar-refractivity contribution in [1.29, 1.82) is 0 Å². The molecule has 1 aliphatic heterocycles.